The van der Waals surface area contributed by atoms with Gasteiger partial charge >= 0.3 is 6.03 Å². The fraction of sp³-hybridized carbons (Fsp3) is 0.514. The van der Waals surface area contributed by atoms with E-state index in [9.17, 15) is 19.2 Å². The van der Waals surface area contributed by atoms with Crippen molar-refractivity contribution in [2.45, 2.75) is 88.4 Å². The zero-order chi connectivity index (χ0) is 33.5. The highest BCUT2D eigenvalue weighted by atomic mass is 16.5. The van der Waals surface area contributed by atoms with Crippen molar-refractivity contribution >= 4 is 29.4 Å². The molecule has 0 spiro atoms. The van der Waals surface area contributed by atoms with Crippen LogP contribution >= 0.6 is 0 Å². The van der Waals surface area contributed by atoms with Gasteiger partial charge in [0.05, 0.1) is 13.2 Å². The minimum absolute atomic E-state index is 0.0707. The summed E-state index contributed by atoms with van der Waals surface area (Å²) in [5.74, 6) is 5.90. The molecule has 1 atom stereocenters. The van der Waals surface area contributed by atoms with Gasteiger partial charge in [-0.1, -0.05) is 24.0 Å². The summed E-state index contributed by atoms with van der Waals surface area (Å²) in [5, 5.41) is 9.20. The van der Waals surface area contributed by atoms with Gasteiger partial charge in [-0.3, -0.25) is 19.7 Å². The molecular formula is C37H46N6O5. The number of amides is 5. The molecule has 2 aromatic carbocycles. The van der Waals surface area contributed by atoms with E-state index >= 15 is 0 Å². The first-order chi connectivity index (χ1) is 23.3. The fourth-order valence-electron chi connectivity index (χ4n) is 7.27. The zero-order valence-electron chi connectivity index (χ0n) is 27.5. The van der Waals surface area contributed by atoms with E-state index in [4.69, 9.17) is 10.5 Å². The summed E-state index contributed by atoms with van der Waals surface area (Å²) in [4.78, 5) is 53.0. The smallest absolute Gasteiger partial charge is 0.317 e. The van der Waals surface area contributed by atoms with Crippen LogP contribution in [0, 0.1) is 11.8 Å². The van der Waals surface area contributed by atoms with Gasteiger partial charge in [0.1, 0.15) is 6.04 Å². The number of carbonyl (C=O) groups is 4. The van der Waals surface area contributed by atoms with Gasteiger partial charge in [0.25, 0.3) is 5.91 Å². The predicted octanol–water partition coefficient (Wildman–Crippen LogP) is 3.28. The molecule has 2 saturated heterocycles. The summed E-state index contributed by atoms with van der Waals surface area (Å²) >= 11 is 0. The highest BCUT2D eigenvalue weighted by Gasteiger charge is 2.39. The lowest BCUT2D eigenvalue weighted by atomic mass is 9.89. The van der Waals surface area contributed by atoms with Crippen molar-refractivity contribution in [3.8, 4) is 11.8 Å². The van der Waals surface area contributed by atoms with E-state index in [1.54, 1.807) is 11.0 Å². The fourth-order valence-corrected chi connectivity index (χ4v) is 7.27. The Morgan fingerprint density at radius 2 is 1.69 bits per heavy atom. The summed E-state index contributed by atoms with van der Waals surface area (Å²) in [5.41, 5.74) is 10.2. The molecule has 3 aliphatic heterocycles. The van der Waals surface area contributed by atoms with Crippen molar-refractivity contribution in [1.82, 2.24) is 25.8 Å². The Hall–Kier alpha value is -4.40. The summed E-state index contributed by atoms with van der Waals surface area (Å²) in [6, 6.07) is 13.8. The number of nitrogens with one attached hydrogen (secondary N) is 3. The molecular weight excluding hydrogens is 608 g/mol. The number of fused-ring (bicyclic) bond motifs is 1. The number of urea groups is 1. The van der Waals surface area contributed by atoms with Gasteiger partial charge < -0.3 is 30.9 Å². The van der Waals surface area contributed by atoms with E-state index in [0.717, 1.165) is 75.0 Å². The van der Waals surface area contributed by atoms with Crippen LogP contribution in [-0.4, -0.2) is 84.5 Å². The van der Waals surface area contributed by atoms with Gasteiger partial charge in [-0.25, -0.2) is 4.79 Å². The number of ether oxygens (including phenoxy) is 1. The van der Waals surface area contributed by atoms with Crippen LogP contribution in [0.5, 0.6) is 0 Å². The molecule has 1 unspecified atom stereocenters. The second-order valence-electron chi connectivity index (χ2n) is 13.3. The summed E-state index contributed by atoms with van der Waals surface area (Å²) in [6.45, 7) is 3.84. The standard InChI is InChI=1S/C37H46N6O5/c38-29-7-5-26(6-8-29)27-16-19-42(20-17-27)37(47)40-31-11-9-30(10-12-31)39-18-22-48-21-2-1-3-25-4-13-32-28(23-25)24-43(36(32)46)33-14-15-34(44)41-35(33)45/h4-8,13,23,27,30-31,33,39H,2,9-12,14-22,24,38H2,(H,40,47)(H,41,44,45)/t30-,31+,33?. The maximum Gasteiger partial charge on any atom is 0.317 e. The number of benzene rings is 2. The number of nitrogen functional groups attached to an aromatic ring is 1. The Kier molecular flexibility index (Phi) is 10.9. The number of imide groups is 1. The molecule has 4 aliphatic rings. The molecule has 11 nitrogen and oxygen atoms in total. The Labute approximate surface area is 282 Å². The maximum atomic E-state index is 12.9. The number of likely N-dealkylation sites (tertiary alicyclic amines) is 1. The van der Waals surface area contributed by atoms with Crippen molar-refractivity contribution in [3.63, 3.8) is 0 Å². The number of nitrogens with two attached hydrogens (primary N) is 1. The van der Waals surface area contributed by atoms with E-state index in [0.29, 0.717) is 50.1 Å². The first-order valence-corrected chi connectivity index (χ1v) is 17.3. The van der Waals surface area contributed by atoms with Crippen LogP contribution in [0.25, 0.3) is 0 Å². The monoisotopic (exact) mass is 654 g/mol. The molecule has 3 fully saturated rings. The van der Waals surface area contributed by atoms with Gasteiger partial charge in [0.2, 0.25) is 11.8 Å². The first-order valence-electron chi connectivity index (χ1n) is 17.3. The summed E-state index contributed by atoms with van der Waals surface area (Å²) < 4.78 is 5.79. The van der Waals surface area contributed by atoms with Gasteiger partial charge in [-0.15, -0.1) is 0 Å². The lowest BCUT2D eigenvalue weighted by Crippen LogP contribution is -2.52. The Morgan fingerprint density at radius 3 is 2.44 bits per heavy atom. The van der Waals surface area contributed by atoms with Crippen molar-refractivity contribution in [2.24, 2.45) is 0 Å². The van der Waals surface area contributed by atoms with E-state index in [1.165, 1.54) is 5.56 Å². The number of hydrogen-bond acceptors (Lipinski definition) is 7. The number of rotatable bonds is 9. The van der Waals surface area contributed by atoms with Crippen molar-refractivity contribution in [2.75, 3.05) is 38.6 Å². The molecule has 5 amide bonds. The minimum atomic E-state index is -0.618. The van der Waals surface area contributed by atoms with E-state index in [2.05, 4.69) is 39.9 Å². The molecule has 2 aromatic rings. The molecule has 254 valence electrons. The SMILES string of the molecule is Nc1ccc(C2CCN(C(=O)N[C@H]3CC[C@@H](NCCOCCC#Cc4ccc5c(c4)CN(C4CCC(=O)NC4=O)C5=O)CC3)CC2)cc1. The number of hydrogen-bond donors (Lipinski definition) is 4. The molecule has 0 aromatic heterocycles. The van der Waals surface area contributed by atoms with Gasteiger partial charge in [0.15, 0.2) is 0 Å². The Balaban J connectivity index is 0.819. The topological polar surface area (TPSA) is 146 Å². The van der Waals surface area contributed by atoms with E-state index in [-0.39, 0.29) is 30.3 Å². The number of piperidine rings is 2. The third-order valence-corrected chi connectivity index (χ3v) is 10.1. The Bertz CT molecular complexity index is 1550. The molecule has 48 heavy (non-hydrogen) atoms. The molecule has 1 saturated carbocycles. The van der Waals surface area contributed by atoms with Crippen LogP contribution in [0.3, 0.4) is 0 Å². The van der Waals surface area contributed by atoms with Crippen molar-refractivity contribution < 1.29 is 23.9 Å². The molecule has 1 aliphatic carbocycles. The highest BCUT2D eigenvalue weighted by molar-refractivity contribution is 6.05. The molecule has 0 radical (unpaired) electrons. The molecule has 6 rings (SSSR count). The zero-order valence-corrected chi connectivity index (χ0v) is 27.5. The van der Waals surface area contributed by atoms with Crippen molar-refractivity contribution in [1.29, 1.82) is 0 Å². The lowest BCUT2D eigenvalue weighted by Gasteiger charge is -2.35. The minimum Gasteiger partial charge on any atom is -0.399 e. The first kappa shape index (κ1) is 33.5. The molecule has 11 heteroatoms. The maximum absolute atomic E-state index is 12.9. The molecule has 5 N–H and O–H groups in total. The normalized spacial score (nSPS) is 22.9. The number of nitrogens with zero attached hydrogens (tertiary/aromatic N) is 2. The quantitative estimate of drug-likeness (QED) is 0.141. The average Bonchev–Trinajstić information content (AvgIpc) is 3.42. The van der Waals surface area contributed by atoms with Gasteiger partial charge in [-0.2, -0.15) is 0 Å². The Morgan fingerprint density at radius 1 is 0.938 bits per heavy atom. The van der Waals surface area contributed by atoms with E-state index < -0.39 is 11.9 Å². The predicted molar refractivity (Wildman–Crippen MR) is 182 cm³/mol. The van der Waals surface area contributed by atoms with Gasteiger partial charge in [0, 0.05) is 67.9 Å². The van der Waals surface area contributed by atoms with Crippen LogP contribution < -0.4 is 21.7 Å². The van der Waals surface area contributed by atoms with Crippen LogP contribution in [0.1, 0.15) is 90.8 Å². The highest BCUT2D eigenvalue weighted by Crippen LogP contribution is 2.30. The van der Waals surface area contributed by atoms with Crippen LogP contribution in [0.15, 0.2) is 42.5 Å². The van der Waals surface area contributed by atoms with E-state index in [1.807, 2.05) is 29.2 Å². The summed E-state index contributed by atoms with van der Waals surface area (Å²) in [7, 11) is 0. The summed E-state index contributed by atoms with van der Waals surface area (Å²) in [6.07, 6.45) is 7.18. The van der Waals surface area contributed by atoms with Crippen molar-refractivity contribution in [3.05, 3.63) is 64.7 Å². The van der Waals surface area contributed by atoms with Crippen LogP contribution in [-0.2, 0) is 20.9 Å². The van der Waals surface area contributed by atoms with Crippen LogP contribution in [0.2, 0.25) is 0 Å². The molecule has 0 bridgehead atoms. The lowest BCUT2D eigenvalue weighted by molar-refractivity contribution is -0.136. The largest absolute Gasteiger partial charge is 0.399 e. The second kappa shape index (κ2) is 15.7. The third kappa shape index (κ3) is 8.35. The van der Waals surface area contributed by atoms with Crippen LogP contribution in [0.4, 0.5) is 10.5 Å². The third-order valence-electron chi connectivity index (χ3n) is 10.1. The number of anilines is 1. The average molecular weight is 655 g/mol. The number of carbonyl (C=O) groups excluding carboxylic acids is 4. The molecule has 3 heterocycles. The van der Waals surface area contributed by atoms with Gasteiger partial charge in [-0.05, 0) is 92.3 Å². The second-order valence-corrected chi connectivity index (χ2v) is 13.3.